The second-order valence-corrected chi connectivity index (χ2v) is 7.00. The summed E-state index contributed by atoms with van der Waals surface area (Å²) in [4.78, 5) is 18.9. The van der Waals surface area contributed by atoms with Crippen LogP contribution in [0.4, 0.5) is 0 Å². The van der Waals surface area contributed by atoms with Crippen molar-refractivity contribution in [1.29, 1.82) is 0 Å². The number of fused-ring (bicyclic) bond motifs is 2. The summed E-state index contributed by atoms with van der Waals surface area (Å²) in [6.07, 6.45) is 9.89. The van der Waals surface area contributed by atoms with E-state index in [2.05, 4.69) is 14.5 Å². The van der Waals surface area contributed by atoms with Gasteiger partial charge in [-0.2, -0.15) is 0 Å². The van der Waals surface area contributed by atoms with E-state index in [0.717, 1.165) is 25.7 Å². The molecule has 1 amide bonds. The SMILES string of the molecule is O=C(COc1ccc(Cl)cc1)N1C2CCC1CC(n1ccnc1)C2. The first-order chi connectivity index (χ1) is 11.7. The van der Waals surface area contributed by atoms with Gasteiger partial charge in [-0.1, -0.05) is 11.6 Å². The van der Waals surface area contributed by atoms with Crippen LogP contribution in [0.3, 0.4) is 0 Å². The molecule has 1 aromatic carbocycles. The van der Waals surface area contributed by atoms with Gasteiger partial charge >= 0.3 is 0 Å². The first-order valence-corrected chi connectivity index (χ1v) is 8.75. The lowest BCUT2D eigenvalue weighted by Gasteiger charge is -2.39. The van der Waals surface area contributed by atoms with Gasteiger partial charge in [-0.15, -0.1) is 0 Å². The lowest BCUT2D eigenvalue weighted by molar-refractivity contribution is -0.138. The van der Waals surface area contributed by atoms with E-state index in [-0.39, 0.29) is 12.5 Å². The number of carbonyl (C=O) groups is 1. The predicted molar refractivity (Wildman–Crippen MR) is 91.1 cm³/mol. The van der Waals surface area contributed by atoms with E-state index in [4.69, 9.17) is 16.3 Å². The van der Waals surface area contributed by atoms with Crippen molar-refractivity contribution >= 4 is 17.5 Å². The average molecular weight is 346 g/mol. The molecule has 0 saturated carbocycles. The molecule has 24 heavy (non-hydrogen) atoms. The first kappa shape index (κ1) is 15.5. The lowest BCUT2D eigenvalue weighted by Crippen LogP contribution is -2.48. The summed E-state index contributed by atoms with van der Waals surface area (Å²) in [7, 11) is 0. The van der Waals surface area contributed by atoms with E-state index in [0.29, 0.717) is 28.9 Å². The molecule has 2 atom stereocenters. The van der Waals surface area contributed by atoms with Crippen LogP contribution in [0.5, 0.6) is 5.75 Å². The van der Waals surface area contributed by atoms with Crippen molar-refractivity contribution in [2.24, 2.45) is 0 Å². The van der Waals surface area contributed by atoms with Gasteiger partial charge in [0.25, 0.3) is 5.91 Å². The number of imidazole rings is 1. The smallest absolute Gasteiger partial charge is 0.261 e. The predicted octanol–water partition coefficient (Wildman–Crippen LogP) is 3.31. The Kier molecular flexibility index (Phi) is 4.19. The van der Waals surface area contributed by atoms with Crippen molar-refractivity contribution < 1.29 is 9.53 Å². The van der Waals surface area contributed by atoms with E-state index in [1.165, 1.54) is 0 Å². The first-order valence-electron chi connectivity index (χ1n) is 8.37. The summed E-state index contributed by atoms with van der Waals surface area (Å²) in [5, 5.41) is 0.660. The highest BCUT2D eigenvalue weighted by Gasteiger charge is 2.43. The van der Waals surface area contributed by atoms with Crippen LogP contribution in [0.25, 0.3) is 0 Å². The molecule has 0 aliphatic carbocycles. The van der Waals surface area contributed by atoms with Crippen LogP contribution in [-0.2, 0) is 4.79 Å². The second-order valence-electron chi connectivity index (χ2n) is 6.56. The van der Waals surface area contributed by atoms with Crippen LogP contribution in [0.15, 0.2) is 43.0 Å². The van der Waals surface area contributed by atoms with E-state index >= 15 is 0 Å². The Balaban J connectivity index is 1.38. The van der Waals surface area contributed by atoms with Gasteiger partial charge in [0.05, 0.1) is 6.33 Å². The minimum atomic E-state index is 0.0848. The molecule has 2 aromatic rings. The minimum Gasteiger partial charge on any atom is -0.484 e. The molecule has 5 nitrogen and oxygen atoms in total. The maximum absolute atomic E-state index is 12.6. The molecule has 1 aromatic heterocycles. The van der Waals surface area contributed by atoms with Crippen LogP contribution in [0.1, 0.15) is 31.7 Å². The molecule has 2 bridgehead atoms. The fourth-order valence-corrected chi connectivity index (χ4v) is 4.16. The summed E-state index contributed by atoms with van der Waals surface area (Å²) in [6.45, 7) is 0.0877. The molecule has 2 unspecified atom stereocenters. The van der Waals surface area contributed by atoms with Gasteiger partial charge in [0, 0.05) is 35.5 Å². The topological polar surface area (TPSA) is 47.4 Å². The number of nitrogens with zero attached hydrogens (tertiary/aromatic N) is 3. The molecule has 2 aliphatic heterocycles. The molecule has 4 rings (SSSR count). The number of carbonyl (C=O) groups excluding carboxylic acids is 1. The third-order valence-electron chi connectivity index (χ3n) is 5.12. The fourth-order valence-electron chi connectivity index (χ4n) is 4.03. The molecule has 2 aliphatic rings. The van der Waals surface area contributed by atoms with Crippen molar-refractivity contribution in [1.82, 2.24) is 14.5 Å². The van der Waals surface area contributed by atoms with Crippen LogP contribution in [0.2, 0.25) is 5.02 Å². The Labute approximate surface area is 146 Å². The zero-order chi connectivity index (χ0) is 16.5. The Bertz CT molecular complexity index is 688. The quantitative estimate of drug-likeness (QED) is 0.854. The van der Waals surface area contributed by atoms with Crippen molar-refractivity contribution in [3.8, 4) is 5.75 Å². The number of hydrogen-bond acceptors (Lipinski definition) is 3. The summed E-state index contributed by atoms with van der Waals surface area (Å²) >= 11 is 5.86. The Morgan fingerprint density at radius 2 is 1.88 bits per heavy atom. The zero-order valence-electron chi connectivity index (χ0n) is 13.3. The molecular formula is C18H20ClN3O2. The highest BCUT2D eigenvalue weighted by Crippen LogP contribution is 2.40. The van der Waals surface area contributed by atoms with E-state index in [9.17, 15) is 4.79 Å². The molecule has 6 heteroatoms. The average Bonchev–Trinajstić information content (AvgIpc) is 3.21. The van der Waals surface area contributed by atoms with E-state index in [1.807, 2.05) is 18.7 Å². The molecule has 2 saturated heterocycles. The molecular weight excluding hydrogens is 326 g/mol. The number of ether oxygens (including phenoxy) is 1. The van der Waals surface area contributed by atoms with Gasteiger partial charge in [0.1, 0.15) is 5.75 Å². The maximum Gasteiger partial charge on any atom is 0.261 e. The van der Waals surface area contributed by atoms with Crippen LogP contribution in [-0.4, -0.2) is 39.0 Å². The van der Waals surface area contributed by atoms with Crippen molar-refractivity contribution in [3.63, 3.8) is 0 Å². The van der Waals surface area contributed by atoms with Crippen molar-refractivity contribution in [2.75, 3.05) is 6.61 Å². The standard InChI is InChI=1S/C18H20ClN3O2/c19-13-1-5-17(6-2-13)24-11-18(23)22-14-3-4-15(22)10-16(9-14)21-8-7-20-12-21/h1-2,5-8,12,14-16H,3-4,9-11H2. The number of aromatic nitrogens is 2. The number of benzene rings is 1. The van der Waals surface area contributed by atoms with Gasteiger partial charge < -0.3 is 14.2 Å². The van der Waals surface area contributed by atoms with Crippen LogP contribution in [0, 0.1) is 0 Å². The monoisotopic (exact) mass is 345 g/mol. The molecule has 3 heterocycles. The summed E-state index contributed by atoms with van der Waals surface area (Å²) in [5.41, 5.74) is 0. The number of hydrogen-bond donors (Lipinski definition) is 0. The zero-order valence-corrected chi connectivity index (χ0v) is 14.1. The largest absolute Gasteiger partial charge is 0.484 e. The Morgan fingerprint density at radius 1 is 1.17 bits per heavy atom. The van der Waals surface area contributed by atoms with Crippen molar-refractivity contribution in [2.45, 2.75) is 43.8 Å². The van der Waals surface area contributed by atoms with E-state index < -0.39 is 0 Å². The van der Waals surface area contributed by atoms with E-state index in [1.54, 1.807) is 24.3 Å². The summed E-state index contributed by atoms with van der Waals surface area (Å²) < 4.78 is 7.81. The summed E-state index contributed by atoms with van der Waals surface area (Å²) in [6, 6.07) is 8.19. The molecule has 0 spiro atoms. The molecule has 126 valence electrons. The number of amides is 1. The number of rotatable bonds is 4. The maximum atomic E-state index is 12.6. The minimum absolute atomic E-state index is 0.0848. The van der Waals surface area contributed by atoms with Gasteiger partial charge in [0.15, 0.2) is 6.61 Å². The lowest BCUT2D eigenvalue weighted by atomic mass is 9.97. The number of halogens is 1. The van der Waals surface area contributed by atoms with Gasteiger partial charge in [-0.25, -0.2) is 4.98 Å². The second kappa shape index (κ2) is 6.48. The van der Waals surface area contributed by atoms with Crippen LogP contribution < -0.4 is 4.74 Å². The highest BCUT2D eigenvalue weighted by atomic mass is 35.5. The van der Waals surface area contributed by atoms with Crippen LogP contribution >= 0.6 is 11.6 Å². The van der Waals surface area contributed by atoms with Crippen molar-refractivity contribution in [3.05, 3.63) is 48.0 Å². The summed E-state index contributed by atoms with van der Waals surface area (Å²) in [5.74, 6) is 0.759. The highest BCUT2D eigenvalue weighted by molar-refractivity contribution is 6.30. The normalized spacial score (nSPS) is 25.7. The Morgan fingerprint density at radius 3 is 2.50 bits per heavy atom. The number of piperidine rings is 1. The molecule has 2 fully saturated rings. The molecule has 0 N–H and O–H groups in total. The molecule has 0 radical (unpaired) electrons. The fraction of sp³-hybridized carbons (Fsp3) is 0.444. The van der Waals surface area contributed by atoms with Gasteiger partial charge in [-0.05, 0) is 49.9 Å². The third-order valence-corrected chi connectivity index (χ3v) is 5.37. The Hall–Kier alpha value is -2.01. The van der Waals surface area contributed by atoms with Gasteiger partial charge in [0.2, 0.25) is 0 Å². The van der Waals surface area contributed by atoms with Gasteiger partial charge in [-0.3, -0.25) is 4.79 Å². The third kappa shape index (κ3) is 3.00.